The van der Waals surface area contributed by atoms with E-state index in [0.717, 1.165) is 37.9 Å². The molecule has 1 amide bonds. The lowest BCUT2D eigenvalue weighted by molar-refractivity contribution is -0.135. The molecule has 6 nitrogen and oxygen atoms in total. The van der Waals surface area contributed by atoms with E-state index >= 15 is 0 Å². The summed E-state index contributed by atoms with van der Waals surface area (Å²) in [5.41, 5.74) is 7.94. The van der Waals surface area contributed by atoms with Crippen molar-refractivity contribution in [3.8, 4) is 5.75 Å². The molecule has 25 heavy (non-hydrogen) atoms. The molecule has 1 spiro atoms. The van der Waals surface area contributed by atoms with Crippen LogP contribution in [0, 0.1) is 5.41 Å². The van der Waals surface area contributed by atoms with Gasteiger partial charge >= 0.3 is 0 Å². The molecule has 3 aliphatic heterocycles. The summed E-state index contributed by atoms with van der Waals surface area (Å²) < 4.78 is 0. The summed E-state index contributed by atoms with van der Waals surface area (Å²) in [4.78, 5) is 17.3. The predicted octanol–water partition coefficient (Wildman–Crippen LogP) is 1.24. The Kier molecular flexibility index (Phi) is 4.43. The van der Waals surface area contributed by atoms with Crippen molar-refractivity contribution in [3.05, 3.63) is 29.8 Å². The zero-order valence-electron chi connectivity index (χ0n) is 14.9. The summed E-state index contributed by atoms with van der Waals surface area (Å²) in [6.07, 6.45) is 4.28. The average molecular weight is 344 g/mol. The molecule has 0 radical (unpaired) electrons. The number of amides is 1. The Balaban J connectivity index is 1.32. The van der Waals surface area contributed by atoms with Crippen LogP contribution in [-0.2, 0) is 4.79 Å². The third kappa shape index (κ3) is 3.38. The summed E-state index contributed by atoms with van der Waals surface area (Å²) in [6.45, 7) is 4.14. The molecule has 6 heteroatoms. The standard InChI is InChI=1S/C19H28N4O2/c1-22-9-6-19(13-22)7-10-23(11-8-19)18(25)17-12-16(20-21-17)14-2-4-15(24)5-3-14/h2-5,16-17,20-21,24H,6-13H2,1H3. The van der Waals surface area contributed by atoms with Crippen LogP contribution in [0.5, 0.6) is 5.75 Å². The number of aromatic hydroxyl groups is 1. The Bertz CT molecular complexity index is 625. The van der Waals surface area contributed by atoms with Crippen LogP contribution in [0.25, 0.3) is 0 Å². The molecule has 4 rings (SSSR count). The number of hydrogen-bond donors (Lipinski definition) is 3. The van der Waals surface area contributed by atoms with E-state index in [0.29, 0.717) is 5.41 Å². The lowest BCUT2D eigenvalue weighted by Crippen LogP contribution is -2.50. The molecule has 2 atom stereocenters. The first-order chi connectivity index (χ1) is 12.0. The van der Waals surface area contributed by atoms with Gasteiger partial charge in [-0.1, -0.05) is 12.1 Å². The summed E-state index contributed by atoms with van der Waals surface area (Å²) in [5.74, 6) is 0.483. The minimum atomic E-state index is -0.167. The summed E-state index contributed by atoms with van der Waals surface area (Å²) >= 11 is 0. The number of nitrogens with one attached hydrogen (secondary N) is 2. The zero-order valence-corrected chi connectivity index (χ0v) is 14.9. The first-order valence-electron chi connectivity index (χ1n) is 9.32. The molecule has 2 unspecified atom stereocenters. The quantitative estimate of drug-likeness (QED) is 0.753. The number of nitrogens with zero attached hydrogens (tertiary/aromatic N) is 2. The van der Waals surface area contributed by atoms with Crippen molar-refractivity contribution in [2.45, 2.75) is 37.8 Å². The molecule has 3 N–H and O–H groups in total. The van der Waals surface area contributed by atoms with Gasteiger partial charge in [0.2, 0.25) is 5.91 Å². The van der Waals surface area contributed by atoms with Crippen LogP contribution in [0.3, 0.4) is 0 Å². The average Bonchev–Trinajstić information content (AvgIpc) is 3.23. The van der Waals surface area contributed by atoms with Crippen molar-refractivity contribution in [1.82, 2.24) is 20.7 Å². The number of likely N-dealkylation sites (tertiary alicyclic amines) is 2. The van der Waals surface area contributed by atoms with Crippen molar-refractivity contribution < 1.29 is 9.90 Å². The van der Waals surface area contributed by atoms with Crippen LogP contribution in [0.2, 0.25) is 0 Å². The van der Waals surface area contributed by atoms with Crippen LogP contribution >= 0.6 is 0 Å². The molecule has 0 saturated carbocycles. The number of hydrazine groups is 1. The summed E-state index contributed by atoms with van der Waals surface area (Å²) in [5, 5.41) is 9.41. The second-order valence-corrected chi connectivity index (χ2v) is 8.03. The van der Waals surface area contributed by atoms with Gasteiger partial charge in [0.1, 0.15) is 11.8 Å². The molecular formula is C19H28N4O2. The molecule has 0 bridgehead atoms. The lowest BCUT2D eigenvalue weighted by atomic mass is 9.77. The van der Waals surface area contributed by atoms with Gasteiger partial charge in [0, 0.05) is 25.7 Å². The molecule has 3 fully saturated rings. The van der Waals surface area contributed by atoms with Crippen LogP contribution in [0.4, 0.5) is 0 Å². The number of carbonyl (C=O) groups is 1. The number of hydrogen-bond acceptors (Lipinski definition) is 5. The second-order valence-electron chi connectivity index (χ2n) is 8.03. The third-order valence-corrected chi connectivity index (χ3v) is 6.26. The van der Waals surface area contributed by atoms with Crippen molar-refractivity contribution >= 4 is 5.91 Å². The first-order valence-corrected chi connectivity index (χ1v) is 9.32. The van der Waals surface area contributed by atoms with E-state index in [1.54, 1.807) is 12.1 Å². The summed E-state index contributed by atoms with van der Waals surface area (Å²) in [6, 6.07) is 7.13. The van der Waals surface area contributed by atoms with E-state index in [9.17, 15) is 9.90 Å². The number of carbonyl (C=O) groups excluding carboxylic acids is 1. The topological polar surface area (TPSA) is 67.8 Å². The fraction of sp³-hybridized carbons (Fsp3) is 0.632. The number of phenols is 1. The fourth-order valence-corrected chi connectivity index (χ4v) is 4.63. The van der Waals surface area contributed by atoms with E-state index in [4.69, 9.17) is 0 Å². The van der Waals surface area contributed by atoms with Crippen LogP contribution < -0.4 is 10.9 Å². The Morgan fingerprint density at radius 1 is 1.12 bits per heavy atom. The highest BCUT2D eigenvalue weighted by Gasteiger charge is 2.42. The fourth-order valence-electron chi connectivity index (χ4n) is 4.63. The van der Waals surface area contributed by atoms with Crippen molar-refractivity contribution in [1.29, 1.82) is 0 Å². The molecule has 3 heterocycles. The van der Waals surface area contributed by atoms with Gasteiger partial charge in [0.05, 0.1) is 0 Å². The lowest BCUT2D eigenvalue weighted by Gasteiger charge is -2.40. The Labute approximate surface area is 149 Å². The van der Waals surface area contributed by atoms with E-state index in [1.807, 2.05) is 17.0 Å². The van der Waals surface area contributed by atoms with Crippen molar-refractivity contribution in [2.75, 3.05) is 33.2 Å². The molecule has 1 aromatic rings. The van der Waals surface area contributed by atoms with E-state index in [1.165, 1.54) is 19.5 Å². The molecule has 3 aliphatic rings. The SMILES string of the molecule is CN1CCC2(CCN(C(=O)C3CC(c4ccc(O)cc4)NN3)CC2)C1. The maximum absolute atomic E-state index is 12.9. The largest absolute Gasteiger partial charge is 0.508 e. The van der Waals surface area contributed by atoms with Gasteiger partial charge in [-0.2, -0.15) is 0 Å². The van der Waals surface area contributed by atoms with E-state index in [2.05, 4.69) is 22.8 Å². The number of rotatable bonds is 2. The second kappa shape index (κ2) is 6.59. The highest BCUT2D eigenvalue weighted by molar-refractivity contribution is 5.82. The first kappa shape index (κ1) is 16.8. The van der Waals surface area contributed by atoms with Gasteiger partial charge < -0.3 is 14.9 Å². The number of piperidine rings is 1. The Hall–Kier alpha value is -1.63. The third-order valence-electron chi connectivity index (χ3n) is 6.26. The van der Waals surface area contributed by atoms with E-state index < -0.39 is 0 Å². The van der Waals surface area contributed by atoms with Crippen LogP contribution in [0.1, 0.15) is 37.3 Å². The smallest absolute Gasteiger partial charge is 0.241 e. The molecule has 0 aromatic heterocycles. The minimum absolute atomic E-state index is 0.106. The molecule has 3 saturated heterocycles. The van der Waals surface area contributed by atoms with Crippen molar-refractivity contribution in [2.24, 2.45) is 5.41 Å². The van der Waals surface area contributed by atoms with Gasteiger partial charge in [0.15, 0.2) is 0 Å². The van der Waals surface area contributed by atoms with Gasteiger partial charge in [-0.15, -0.1) is 0 Å². The monoisotopic (exact) mass is 344 g/mol. The Morgan fingerprint density at radius 3 is 2.44 bits per heavy atom. The molecule has 0 aliphatic carbocycles. The predicted molar refractivity (Wildman–Crippen MR) is 95.9 cm³/mol. The normalized spacial score (nSPS) is 29.4. The van der Waals surface area contributed by atoms with Crippen molar-refractivity contribution in [3.63, 3.8) is 0 Å². The maximum Gasteiger partial charge on any atom is 0.241 e. The summed E-state index contributed by atoms with van der Waals surface area (Å²) in [7, 11) is 2.20. The highest BCUT2D eigenvalue weighted by atomic mass is 16.3. The van der Waals surface area contributed by atoms with E-state index in [-0.39, 0.29) is 23.7 Å². The van der Waals surface area contributed by atoms with Gasteiger partial charge in [-0.25, -0.2) is 10.9 Å². The maximum atomic E-state index is 12.9. The van der Waals surface area contributed by atoms with Gasteiger partial charge in [0.25, 0.3) is 0 Å². The van der Waals surface area contributed by atoms with Gasteiger partial charge in [-0.05, 0) is 62.4 Å². The minimum Gasteiger partial charge on any atom is -0.508 e. The van der Waals surface area contributed by atoms with Gasteiger partial charge in [-0.3, -0.25) is 4.79 Å². The Morgan fingerprint density at radius 2 is 1.80 bits per heavy atom. The molecule has 136 valence electrons. The zero-order chi connectivity index (χ0) is 17.4. The molecule has 1 aromatic carbocycles. The van der Waals surface area contributed by atoms with Crippen LogP contribution in [0.15, 0.2) is 24.3 Å². The van der Waals surface area contributed by atoms with Crippen LogP contribution in [-0.4, -0.2) is 60.1 Å². The molecular weight excluding hydrogens is 316 g/mol. The number of phenolic OH excluding ortho intramolecular Hbond substituents is 1. The number of benzene rings is 1. The highest BCUT2D eigenvalue weighted by Crippen LogP contribution is 2.40.